The van der Waals surface area contributed by atoms with Crippen molar-refractivity contribution in [2.45, 2.75) is 32.9 Å². The van der Waals surface area contributed by atoms with Crippen molar-refractivity contribution >= 4 is 23.1 Å². The minimum absolute atomic E-state index is 0.0188. The molecule has 0 radical (unpaired) electrons. The molecule has 4 nitrogen and oxygen atoms in total. The van der Waals surface area contributed by atoms with E-state index >= 15 is 0 Å². The van der Waals surface area contributed by atoms with Gasteiger partial charge in [0.05, 0.1) is 0 Å². The van der Waals surface area contributed by atoms with Gasteiger partial charge in [-0.25, -0.2) is 4.39 Å². The number of carbonyl (C=O) groups excluding carboxylic acids is 1. The molecule has 104 valence electrons. The molecule has 1 unspecified atom stereocenters. The Labute approximate surface area is 117 Å². The maximum Gasteiger partial charge on any atom is 0.260 e. The monoisotopic (exact) mass is 284 g/mol. The molecule has 1 aromatic carbocycles. The van der Waals surface area contributed by atoms with Gasteiger partial charge in [0.25, 0.3) is 5.91 Å². The molecule has 0 aliphatic rings. The molecule has 0 aliphatic carbocycles. The molecule has 1 aromatic rings. The number of thiocarbonyl (C=S) groups is 1. The van der Waals surface area contributed by atoms with Crippen molar-refractivity contribution in [3.63, 3.8) is 0 Å². The van der Waals surface area contributed by atoms with E-state index in [1.165, 1.54) is 12.1 Å². The van der Waals surface area contributed by atoms with E-state index in [4.69, 9.17) is 22.7 Å². The molecule has 3 N–H and O–H groups in total. The Kier molecular flexibility index (Phi) is 5.23. The van der Waals surface area contributed by atoms with Crippen molar-refractivity contribution in [3.05, 3.63) is 29.6 Å². The van der Waals surface area contributed by atoms with Crippen molar-refractivity contribution in [1.82, 2.24) is 5.32 Å². The van der Waals surface area contributed by atoms with Crippen LogP contribution in [0.1, 0.15) is 26.3 Å². The lowest BCUT2D eigenvalue weighted by Crippen LogP contribution is -2.40. The Morgan fingerprint density at radius 2 is 2.05 bits per heavy atom. The number of hydrogen-bond donors (Lipinski definition) is 2. The van der Waals surface area contributed by atoms with Crippen LogP contribution in [0, 0.1) is 5.82 Å². The Morgan fingerprint density at radius 1 is 1.42 bits per heavy atom. The predicted octanol–water partition coefficient (Wildman–Crippen LogP) is 1.75. The molecule has 0 saturated carbocycles. The molecule has 0 bridgehead atoms. The standard InChI is InChI=1S/C13H17FN2O2S/c1-7(2)16-13(17)8(3)18-9-4-5-10(12(15)19)11(14)6-9/h4-8H,1-3H3,(H2,15,19)(H,16,17). The van der Waals surface area contributed by atoms with Gasteiger partial charge < -0.3 is 15.8 Å². The molecule has 1 atom stereocenters. The average Bonchev–Trinajstić information content (AvgIpc) is 2.27. The third-order valence-corrected chi connectivity index (χ3v) is 2.54. The van der Waals surface area contributed by atoms with Gasteiger partial charge in [-0.15, -0.1) is 0 Å². The van der Waals surface area contributed by atoms with Crippen molar-refractivity contribution < 1.29 is 13.9 Å². The summed E-state index contributed by atoms with van der Waals surface area (Å²) in [5.74, 6) is -0.570. The van der Waals surface area contributed by atoms with Gasteiger partial charge in [-0.1, -0.05) is 12.2 Å². The third kappa shape index (κ3) is 4.48. The van der Waals surface area contributed by atoms with Gasteiger partial charge >= 0.3 is 0 Å². The summed E-state index contributed by atoms with van der Waals surface area (Å²) in [4.78, 5) is 11.6. The Balaban J connectivity index is 2.75. The lowest BCUT2D eigenvalue weighted by atomic mass is 10.2. The molecule has 0 saturated heterocycles. The molecule has 1 rings (SSSR count). The molecule has 0 heterocycles. The normalized spacial score (nSPS) is 12.1. The fourth-order valence-corrected chi connectivity index (χ4v) is 1.59. The maximum atomic E-state index is 13.6. The van der Waals surface area contributed by atoms with Crippen LogP contribution in [0.15, 0.2) is 18.2 Å². The summed E-state index contributed by atoms with van der Waals surface area (Å²) >= 11 is 4.70. The Bertz CT molecular complexity index is 492. The molecule has 0 spiro atoms. The van der Waals surface area contributed by atoms with Gasteiger partial charge in [-0.05, 0) is 32.9 Å². The number of halogens is 1. The molecular formula is C13H17FN2O2S. The van der Waals surface area contributed by atoms with E-state index < -0.39 is 11.9 Å². The van der Waals surface area contributed by atoms with E-state index in [0.717, 1.165) is 6.07 Å². The zero-order valence-electron chi connectivity index (χ0n) is 11.1. The first-order chi connectivity index (χ1) is 8.81. The van der Waals surface area contributed by atoms with Gasteiger partial charge in [-0.2, -0.15) is 0 Å². The lowest BCUT2D eigenvalue weighted by molar-refractivity contribution is -0.127. The van der Waals surface area contributed by atoms with Crippen LogP contribution in [0.25, 0.3) is 0 Å². The summed E-state index contributed by atoms with van der Waals surface area (Å²) in [5.41, 5.74) is 5.51. The number of nitrogens with two attached hydrogens (primary N) is 1. The minimum atomic E-state index is -0.711. The number of amides is 1. The fraction of sp³-hybridized carbons (Fsp3) is 0.385. The van der Waals surface area contributed by atoms with Crippen LogP contribution in [-0.4, -0.2) is 23.0 Å². The maximum absolute atomic E-state index is 13.6. The number of benzene rings is 1. The Morgan fingerprint density at radius 3 is 2.53 bits per heavy atom. The quantitative estimate of drug-likeness (QED) is 0.809. The van der Waals surface area contributed by atoms with Gasteiger partial charge in [0, 0.05) is 17.7 Å². The summed E-state index contributed by atoms with van der Waals surface area (Å²) in [6.07, 6.45) is -0.711. The second kappa shape index (κ2) is 6.47. The van der Waals surface area contributed by atoms with Gasteiger partial charge in [-0.3, -0.25) is 4.79 Å². The van der Waals surface area contributed by atoms with E-state index in [0.29, 0.717) is 0 Å². The molecule has 1 amide bonds. The highest BCUT2D eigenvalue weighted by atomic mass is 32.1. The highest BCUT2D eigenvalue weighted by molar-refractivity contribution is 7.80. The van der Waals surface area contributed by atoms with E-state index in [9.17, 15) is 9.18 Å². The van der Waals surface area contributed by atoms with Crippen LogP contribution < -0.4 is 15.8 Å². The predicted molar refractivity (Wildman–Crippen MR) is 75.7 cm³/mol. The van der Waals surface area contributed by atoms with Crippen LogP contribution in [0.5, 0.6) is 5.75 Å². The number of carbonyl (C=O) groups is 1. The number of ether oxygens (including phenoxy) is 1. The summed E-state index contributed by atoms with van der Waals surface area (Å²) in [6.45, 7) is 5.29. The van der Waals surface area contributed by atoms with Crippen molar-refractivity contribution in [3.8, 4) is 5.75 Å². The van der Waals surface area contributed by atoms with Gasteiger partial charge in [0.15, 0.2) is 6.10 Å². The van der Waals surface area contributed by atoms with E-state index in [-0.39, 0.29) is 28.3 Å². The van der Waals surface area contributed by atoms with Crippen molar-refractivity contribution in [1.29, 1.82) is 0 Å². The molecule has 0 aliphatic heterocycles. The summed E-state index contributed by atoms with van der Waals surface area (Å²) in [6, 6.07) is 4.14. The number of hydrogen-bond acceptors (Lipinski definition) is 3. The second-order valence-electron chi connectivity index (χ2n) is 4.43. The first-order valence-electron chi connectivity index (χ1n) is 5.87. The van der Waals surface area contributed by atoms with Crippen LogP contribution in [0.4, 0.5) is 4.39 Å². The number of nitrogens with one attached hydrogen (secondary N) is 1. The van der Waals surface area contributed by atoms with E-state index in [2.05, 4.69) is 5.32 Å². The topological polar surface area (TPSA) is 64.3 Å². The van der Waals surface area contributed by atoms with Crippen LogP contribution in [-0.2, 0) is 4.79 Å². The van der Waals surface area contributed by atoms with Crippen LogP contribution in [0.3, 0.4) is 0 Å². The molecule has 0 fully saturated rings. The van der Waals surface area contributed by atoms with Crippen molar-refractivity contribution in [2.75, 3.05) is 0 Å². The van der Waals surface area contributed by atoms with Gasteiger partial charge in [0.1, 0.15) is 16.6 Å². The van der Waals surface area contributed by atoms with Crippen LogP contribution >= 0.6 is 12.2 Å². The van der Waals surface area contributed by atoms with Crippen LogP contribution in [0.2, 0.25) is 0 Å². The SMILES string of the molecule is CC(C)NC(=O)C(C)Oc1ccc(C(N)=S)c(F)c1. The first kappa shape index (κ1) is 15.4. The molecule has 0 aromatic heterocycles. The first-order valence-corrected chi connectivity index (χ1v) is 6.28. The summed E-state index contributed by atoms with van der Waals surface area (Å²) < 4.78 is 19.0. The molecule has 19 heavy (non-hydrogen) atoms. The van der Waals surface area contributed by atoms with E-state index in [1.54, 1.807) is 6.92 Å². The fourth-order valence-electron chi connectivity index (χ4n) is 1.43. The Hall–Kier alpha value is -1.69. The zero-order valence-corrected chi connectivity index (χ0v) is 11.9. The highest BCUT2D eigenvalue weighted by Gasteiger charge is 2.16. The highest BCUT2D eigenvalue weighted by Crippen LogP contribution is 2.18. The smallest absolute Gasteiger partial charge is 0.260 e. The van der Waals surface area contributed by atoms with Gasteiger partial charge in [0.2, 0.25) is 0 Å². The van der Waals surface area contributed by atoms with E-state index in [1.807, 2.05) is 13.8 Å². The second-order valence-corrected chi connectivity index (χ2v) is 4.87. The average molecular weight is 284 g/mol. The minimum Gasteiger partial charge on any atom is -0.481 e. The number of rotatable bonds is 5. The third-order valence-electron chi connectivity index (χ3n) is 2.32. The summed E-state index contributed by atoms with van der Waals surface area (Å²) in [7, 11) is 0. The molecular weight excluding hydrogens is 267 g/mol. The summed E-state index contributed by atoms with van der Waals surface area (Å²) in [5, 5.41) is 2.71. The lowest BCUT2D eigenvalue weighted by Gasteiger charge is -2.16. The zero-order chi connectivity index (χ0) is 14.6. The molecule has 6 heteroatoms. The largest absolute Gasteiger partial charge is 0.481 e. The van der Waals surface area contributed by atoms with Crippen molar-refractivity contribution in [2.24, 2.45) is 5.73 Å².